The third-order valence-corrected chi connectivity index (χ3v) is 4.48. The zero-order valence-corrected chi connectivity index (χ0v) is 12.6. The molecule has 0 radical (unpaired) electrons. The molecule has 6 heteroatoms. The van der Waals surface area contributed by atoms with Crippen LogP contribution < -0.4 is 0 Å². The lowest BCUT2D eigenvalue weighted by atomic mass is 9.82. The van der Waals surface area contributed by atoms with Gasteiger partial charge in [0.25, 0.3) is 0 Å². The number of benzene rings is 1. The summed E-state index contributed by atoms with van der Waals surface area (Å²) < 4.78 is 34.8. The van der Waals surface area contributed by atoms with Crippen LogP contribution in [0, 0.1) is 17.0 Å². The van der Waals surface area contributed by atoms with Crippen LogP contribution in [-0.2, 0) is 17.2 Å². The Morgan fingerprint density at radius 2 is 2.05 bits per heavy atom. The molecule has 1 aromatic carbocycles. The topological polar surface area (TPSA) is 27.1 Å². The highest BCUT2D eigenvalue weighted by Gasteiger charge is 2.30. The van der Waals surface area contributed by atoms with Crippen molar-refractivity contribution in [1.29, 1.82) is 0 Å². The Morgan fingerprint density at radius 3 is 2.71 bits per heavy atom. The van der Waals surface area contributed by atoms with Crippen molar-refractivity contribution in [2.45, 2.75) is 32.2 Å². The summed E-state index contributed by atoms with van der Waals surface area (Å²) in [6, 6.07) is 2.59. The number of fused-ring (bicyclic) bond motifs is 1. The normalized spacial score (nSPS) is 18.3. The molecule has 0 atom stereocenters. The molecule has 0 N–H and O–H groups in total. The molecule has 0 spiro atoms. The third kappa shape index (κ3) is 2.64. The molecular formula is C15H17ClF2N2O. The van der Waals surface area contributed by atoms with Gasteiger partial charge < -0.3 is 9.30 Å². The lowest BCUT2D eigenvalue weighted by Gasteiger charge is -2.34. The SMILES string of the molecule is CC1(Cn2c(CCl)nc3ccc(F)c(F)c32)CCOCC1. The first kappa shape index (κ1) is 14.7. The van der Waals surface area contributed by atoms with Crippen molar-refractivity contribution in [1.82, 2.24) is 9.55 Å². The van der Waals surface area contributed by atoms with Gasteiger partial charge in [-0.25, -0.2) is 13.8 Å². The van der Waals surface area contributed by atoms with Gasteiger partial charge >= 0.3 is 0 Å². The van der Waals surface area contributed by atoms with Crippen LogP contribution in [0.4, 0.5) is 8.78 Å². The van der Waals surface area contributed by atoms with Crippen molar-refractivity contribution in [3.8, 4) is 0 Å². The van der Waals surface area contributed by atoms with E-state index in [9.17, 15) is 8.78 Å². The molecule has 2 heterocycles. The molecule has 1 aliphatic heterocycles. The fourth-order valence-electron chi connectivity index (χ4n) is 2.88. The van der Waals surface area contributed by atoms with Gasteiger partial charge in [0.2, 0.25) is 0 Å². The number of imidazole rings is 1. The second kappa shape index (κ2) is 5.54. The second-order valence-electron chi connectivity index (χ2n) is 5.90. The average molecular weight is 315 g/mol. The highest BCUT2D eigenvalue weighted by atomic mass is 35.5. The van der Waals surface area contributed by atoms with Crippen LogP contribution in [0.5, 0.6) is 0 Å². The zero-order valence-electron chi connectivity index (χ0n) is 11.8. The number of hydrogen-bond donors (Lipinski definition) is 0. The van der Waals surface area contributed by atoms with E-state index in [4.69, 9.17) is 16.3 Å². The number of hydrogen-bond acceptors (Lipinski definition) is 2. The molecule has 1 fully saturated rings. The lowest BCUT2D eigenvalue weighted by molar-refractivity contribution is 0.0157. The van der Waals surface area contributed by atoms with E-state index in [1.54, 1.807) is 4.57 Å². The second-order valence-corrected chi connectivity index (χ2v) is 6.17. The minimum atomic E-state index is -0.859. The van der Waals surface area contributed by atoms with E-state index in [1.165, 1.54) is 6.07 Å². The van der Waals surface area contributed by atoms with E-state index >= 15 is 0 Å². The van der Waals surface area contributed by atoms with Gasteiger partial charge in [-0.2, -0.15) is 0 Å². The first-order valence-corrected chi connectivity index (χ1v) is 7.54. The molecule has 0 saturated carbocycles. The number of alkyl halides is 1. The van der Waals surface area contributed by atoms with Gasteiger partial charge in [0.15, 0.2) is 11.6 Å². The van der Waals surface area contributed by atoms with E-state index in [0.29, 0.717) is 31.1 Å². The number of ether oxygens (including phenoxy) is 1. The summed E-state index contributed by atoms with van der Waals surface area (Å²) in [5.41, 5.74) is 0.629. The smallest absolute Gasteiger partial charge is 0.184 e. The largest absolute Gasteiger partial charge is 0.381 e. The maximum atomic E-state index is 14.2. The Kier molecular flexibility index (Phi) is 3.88. The third-order valence-electron chi connectivity index (χ3n) is 4.24. The average Bonchev–Trinajstić information content (AvgIpc) is 2.81. The molecule has 0 aliphatic carbocycles. The Bertz CT molecular complexity index is 665. The molecule has 0 bridgehead atoms. The maximum absolute atomic E-state index is 14.2. The fourth-order valence-corrected chi connectivity index (χ4v) is 3.09. The summed E-state index contributed by atoms with van der Waals surface area (Å²) in [5, 5.41) is 0. The van der Waals surface area contributed by atoms with E-state index in [0.717, 1.165) is 18.9 Å². The minimum absolute atomic E-state index is 0.0224. The van der Waals surface area contributed by atoms with Crippen LogP contribution in [-0.4, -0.2) is 22.8 Å². The highest BCUT2D eigenvalue weighted by Crippen LogP contribution is 2.34. The van der Waals surface area contributed by atoms with Crippen molar-refractivity contribution in [3.63, 3.8) is 0 Å². The summed E-state index contributed by atoms with van der Waals surface area (Å²) in [6.45, 7) is 4.08. The molecule has 114 valence electrons. The molecule has 2 aromatic rings. The fraction of sp³-hybridized carbons (Fsp3) is 0.533. The van der Waals surface area contributed by atoms with Crippen LogP contribution >= 0.6 is 11.6 Å². The van der Waals surface area contributed by atoms with Crippen molar-refractivity contribution in [2.75, 3.05) is 13.2 Å². The quantitative estimate of drug-likeness (QED) is 0.804. The van der Waals surface area contributed by atoms with Crippen molar-refractivity contribution in [3.05, 3.63) is 29.6 Å². The predicted octanol–water partition coefficient (Wildman–Crippen LogP) is 3.87. The van der Waals surface area contributed by atoms with Crippen molar-refractivity contribution in [2.24, 2.45) is 5.41 Å². The first-order chi connectivity index (χ1) is 10.0. The zero-order chi connectivity index (χ0) is 15.0. The molecule has 1 aromatic heterocycles. The Morgan fingerprint density at radius 1 is 1.33 bits per heavy atom. The van der Waals surface area contributed by atoms with Crippen LogP contribution in [0.3, 0.4) is 0 Å². The highest BCUT2D eigenvalue weighted by molar-refractivity contribution is 6.16. The van der Waals surface area contributed by atoms with E-state index in [-0.39, 0.29) is 16.8 Å². The van der Waals surface area contributed by atoms with Gasteiger partial charge in [-0.15, -0.1) is 11.6 Å². The van der Waals surface area contributed by atoms with Gasteiger partial charge in [-0.05, 0) is 30.4 Å². The summed E-state index contributed by atoms with van der Waals surface area (Å²) in [6.07, 6.45) is 1.76. The molecule has 3 rings (SSSR count). The molecule has 0 unspecified atom stereocenters. The van der Waals surface area contributed by atoms with E-state index < -0.39 is 11.6 Å². The molecular weight excluding hydrogens is 298 g/mol. The van der Waals surface area contributed by atoms with Crippen LogP contribution in [0.1, 0.15) is 25.6 Å². The molecule has 21 heavy (non-hydrogen) atoms. The van der Waals surface area contributed by atoms with Gasteiger partial charge in [-0.1, -0.05) is 6.92 Å². The molecule has 3 nitrogen and oxygen atoms in total. The summed E-state index contributed by atoms with van der Waals surface area (Å²) >= 11 is 5.93. The summed E-state index contributed by atoms with van der Waals surface area (Å²) in [4.78, 5) is 4.32. The number of aromatic nitrogens is 2. The number of halogens is 3. The van der Waals surface area contributed by atoms with Crippen molar-refractivity contribution >= 4 is 22.6 Å². The van der Waals surface area contributed by atoms with Gasteiger partial charge in [0.05, 0.1) is 11.4 Å². The van der Waals surface area contributed by atoms with Crippen molar-refractivity contribution < 1.29 is 13.5 Å². The predicted molar refractivity (Wildman–Crippen MR) is 77.4 cm³/mol. The van der Waals surface area contributed by atoms with Gasteiger partial charge in [0.1, 0.15) is 11.3 Å². The van der Waals surface area contributed by atoms with Gasteiger partial charge in [-0.3, -0.25) is 0 Å². The van der Waals surface area contributed by atoms with Crippen LogP contribution in [0.15, 0.2) is 12.1 Å². The van der Waals surface area contributed by atoms with Crippen LogP contribution in [0.2, 0.25) is 0 Å². The standard InChI is InChI=1S/C15H17ClF2N2O/c1-15(4-6-21-7-5-15)9-20-12(8-16)19-11-3-2-10(17)13(18)14(11)20/h2-3H,4-9H2,1H3. The monoisotopic (exact) mass is 314 g/mol. The molecule has 0 amide bonds. The number of nitrogens with zero attached hydrogens (tertiary/aromatic N) is 2. The Hall–Kier alpha value is -1.20. The first-order valence-electron chi connectivity index (χ1n) is 7.01. The maximum Gasteiger partial charge on any atom is 0.184 e. The number of rotatable bonds is 3. The molecule has 1 saturated heterocycles. The lowest BCUT2D eigenvalue weighted by Crippen LogP contribution is -2.31. The summed E-state index contributed by atoms with van der Waals surface area (Å²) in [5.74, 6) is -0.972. The van der Waals surface area contributed by atoms with Crippen LogP contribution in [0.25, 0.3) is 11.0 Å². The molecule has 1 aliphatic rings. The summed E-state index contributed by atoms with van der Waals surface area (Å²) in [7, 11) is 0. The Labute approximate surface area is 126 Å². The minimum Gasteiger partial charge on any atom is -0.381 e. The Balaban J connectivity index is 2.09. The van der Waals surface area contributed by atoms with Gasteiger partial charge in [0, 0.05) is 19.8 Å². The van der Waals surface area contributed by atoms with E-state index in [2.05, 4.69) is 11.9 Å². The van der Waals surface area contributed by atoms with E-state index in [1.807, 2.05) is 0 Å².